The van der Waals surface area contributed by atoms with E-state index in [0.29, 0.717) is 31.0 Å². The van der Waals surface area contributed by atoms with E-state index in [9.17, 15) is 9.00 Å². The summed E-state index contributed by atoms with van der Waals surface area (Å²) in [6.07, 6.45) is 6.01. The number of aryl methyl sites for hydroxylation is 1. The van der Waals surface area contributed by atoms with Gasteiger partial charge in [-0.2, -0.15) is 0 Å². The van der Waals surface area contributed by atoms with Crippen LogP contribution in [0.15, 0.2) is 63.1 Å². The van der Waals surface area contributed by atoms with Crippen LogP contribution in [-0.2, 0) is 20.3 Å². The number of aromatic nitrogens is 1. The van der Waals surface area contributed by atoms with Gasteiger partial charge in [0.05, 0.1) is 10.8 Å². The number of fused-ring (bicyclic) bond motifs is 1. The molecule has 1 aliphatic rings. The first-order valence-electron chi connectivity index (χ1n) is 11.8. The number of amides is 1. The molecule has 1 amide bonds. The number of nitrogens with two attached hydrogens (primary N) is 1. The van der Waals surface area contributed by atoms with Crippen molar-refractivity contribution >= 4 is 39.6 Å². The standard InChI is InChI=1S/C13H17NO3S.C13H17NOS/c1-10-2-4-11(5-3-10)18(16)13(12(14)15)6-8-17-9-7-13;1-2-3-4-7-10-16-13-14-11-8-5-6-9-12(11)15-13/h2-5H,6-9H2,1H3,(H2,14,15);5-6,8-9H,2-4,7,10H2,1H3. The van der Waals surface area contributed by atoms with Gasteiger partial charge in [-0.1, -0.05) is 67.8 Å². The number of rotatable bonds is 9. The van der Waals surface area contributed by atoms with Crippen LogP contribution in [0.2, 0.25) is 0 Å². The van der Waals surface area contributed by atoms with Crippen molar-refractivity contribution in [2.75, 3.05) is 19.0 Å². The topological polar surface area (TPSA) is 95.4 Å². The maximum absolute atomic E-state index is 12.6. The van der Waals surface area contributed by atoms with Gasteiger partial charge in [0.15, 0.2) is 5.58 Å². The highest BCUT2D eigenvalue weighted by molar-refractivity contribution is 7.99. The molecule has 1 atom stereocenters. The van der Waals surface area contributed by atoms with E-state index in [1.165, 1.54) is 25.7 Å². The average Bonchev–Trinajstić information content (AvgIpc) is 3.27. The molecule has 1 aliphatic heterocycles. The first-order valence-corrected chi connectivity index (χ1v) is 13.9. The maximum Gasteiger partial charge on any atom is 0.256 e. The number of thioether (sulfide) groups is 1. The molecular formula is C26H34N2O4S2. The predicted molar refractivity (Wildman–Crippen MR) is 138 cm³/mol. The number of hydrogen-bond acceptors (Lipinski definition) is 6. The molecule has 0 radical (unpaired) electrons. The van der Waals surface area contributed by atoms with Crippen LogP contribution < -0.4 is 5.73 Å². The lowest BCUT2D eigenvalue weighted by Gasteiger charge is -2.33. The molecular weight excluding hydrogens is 468 g/mol. The third-order valence-electron chi connectivity index (χ3n) is 5.84. The van der Waals surface area contributed by atoms with Crippen LogP contribution in [0.4, 0.5) is 0 Å². The fourth-order valence-electron chi connectivity index (χ4n) is 3.71. The van der Waals surface area contributed by atoms with Gasteiger partial charge in [0.25, 0.3) is 5.22 Å². The number of hydrogen-bond donors (Lipinski definition) is 1. The van der Waals surface area contributed by atoms with Gasteiger partial charge in [-0.25, -0.2) is 4.98 Å². The minimum Gasteiger partial charge on any atom is -0.431 e. The number of primary amides is 1. The minimum absolute atomic E-state index is 0.419. The van der Waals surface area contributed by atoms with Gasteiger partial charge in [0.1, 0.15) is 10.3 Å². The summed E-state index contributed by atoms with van der Waals surface area (Å²) in [4.78, 5) is 16.8. The van der Waals surface area contributed by atoms with E-state index in [4.69, 9.17) is 14.9 Å². The van der Waals surface area contributed by atoms with Gasteiger partial charge in [-0.05, 0) is 50.5 Å². The molecule has 3 aromatic rings. The predicted octanol–water partition coefficient (Wildman–Crippen LogP) is 5.64. The Kier molecular flexibility index (Phi) is 10.2. The van der Waals surface area contributed by atoms with Crippen LogP contribution in [0.5, 0.6) is 0 Å². The van der Waals surface area contributed by atoms with Gasteiger partial charge in [0.2, 0.25) is 5.91 Å². The van der Waals surface area contributed by atoms with Crippen molar-refractivity contribution in [3.63, 3.8) is 0 Å². The Bertz CT molecular complexity index is 1040. The molecule has 1 aromatic heterocycles. The summed E-state index contributed by atoms with van der Waals surface area (Å²) in [5, 5.41) is 0.803. The van der Waals surface area contributed by atoms with Crippen LogP contribution in [0.25, 0.3) is 11.1 Å². The Labute approximate surface area is 208 Å². The zero-order valence-electron chi connectivity index (χ0n) is 20.0. The fourth-order valence-corrected chi connectivity index (χ4v) is 6.10. The molecule has 0 bridgehead atoms. The number of oxazole rings is 1. The van der Waals surface area contributed by atoms with Crippen LogP contribution in [0.1, 0.15) is 51.0 Å². The van der Waals surface area contributed by atoms with Crippen molar-refractivity contribution in [1.29, 1.82) is 0 Å². The molecule has 0 saturated carbocycles. The molecule has 4 rings (SSSR count). The highest BCUT2D eigenvalue weighted by Gasteiger charge is 2.45. The van der Waals surface area contributed by atoms with E-state index in [2.05, 4.69) is 11.9 Å². The second-order valence-corrected chi connectivity index (χ2v) is 11.2. The smallest absolute Gasteiger partial charge is 0.256 e. The van der Waals surface area contributed by atoms with Gasteiger partial charge in [0, 0.05) is 23.9 Å². The summed E-state index contributed by atoms with van der Waals surface area (Å²) >= 11 is 1.72. The summed E-state index contributed by atoms with van der Waals surface area (Å²) in [6, 6.07) is 15.3. The lowest BCUT2D eigenvalue weighted by molar-refractivity contribution is -0.122. The highest BCUT2D eigenvalue weighted by atomic mass is 32.2. The second-order valence-electron chi connectivity index (χ2n) is 8.41. The van der Waals surface area contributed by atoms with Gasteiger partial charge in [-0.15, -0.1) is 0 Å². The third-order valence-corrected chi connectivity index (χ3v) is 8.77. The van der Waals surface area contributed by atoms with E-state index in [1.54, 1.807) is 23.9 Å². The lowest BCUT2D eigenvalue weighted by Crippen LogP contribution is -2.51. The summed E-state index contributed by atoms with van der Waals surface area (Å²) in [5.74, 6) is 0.608. The van der Waals surface area contributed by atoms with Crippen molar-refractivity contribution in [3.8, 4) is 0 Å². The molecule has 2 N–H and O–H groups in total. The van der Waals surface area contributed by atoms with Crippen LogP contribution in [0.3, 0.4) is 0 Å². The zero-order chi connectivity index (χ0) is 24.4. The second kappa shape index (κ2) is 13.1. The number of carbonyl (C=O) groups is 1. The monoisotopic (exact) mass is 502 g/mol. The Morgan fingerprint density at radius 2 is 1.79 bits per heavy atom. The van der Waals surface area contributed by atoms with Crippen molar-refractivity contribution in [2.45, 2.75) is 67.2 Å². The summed E-state index contributed by atoms with van der Waals surface area (Å²) in [6.45, 7) is 5.06. The number of benzene rings is 2. The lowest BCUT2D eigenvalue weighted by atomic mass is 9.98. The normalized spacial score (nSPS) is 15.9. The Morgan fingerprint density at radius 3 is 2.44 bits per heavy atom. The van der Waals surface area contributed by atoms with Crippen molar-refractivity contribution < 1.29 is 18.2 Å². The largest absolute Gasteiger partial charge is 0.431 e. The number of ether oxygens (including phenoxy) is 1. The van der Waals surface area contributed by atoms with Gasteiger partial charge >= 0.3 is 0 Å². The molecule has 2 aromatic carbocycles. The molecule has 6 nitrogen and oxygen atoms in total. The number of carbonyl (C=O) groups excluding carboxylic acids is 1. The van der Waals surface area contributed by atoms with E-state index >= 15 is 0 Å². The maximum atomic E-state index is 12.6. The van der Waals surface area contributed by atoms with E-state index < -0.39 is 21.5 Å². The van der Waals surface area contributed by atoms with Crippen LogP contribution >= 0.6 is 11.8 Å². The summed E-state index contributed by atoms with van der Waals surface area (Å²) in [7, 11) is -1.42. The Balaban J connectivity index is 0.000000192. The van der Waals surface area contributed by atoms with E-state index in [1.807, 2.05) is 43.3 Å². The van der Waals surface area contributed by atoms with Crippen LogP contribution in [0, 0.1) is 6.92 Å². The molecule has 1 saturated heterocycles. The number of nitrogens with zero attached hydrogens (tertiary/aromatic N) is 1. The van der Waals surface area contributed by atoms with Gasteiger partial charge in [-0.3, -0.25) is 9.00 Å². The number of unbranched alkanes of at least 4 members (excludes halogenated alkanes) is 3. The first kappa shape index (κ1) is 26.4. The Hall–Kier alpha value is -2.16. The Morgan fingerprint density at radius 1 is 1.09 bits per heavy atom. The molecule has 34 heavy (non-hydrogen) atoms. The van der Waals surface area contributed by atoms with E-state index in [0.717, 1.165) is 27.6 Å². The quantitative estimate of drug-likeness (QED) is 0.301. The van der Waals surface area contributed by atoms with Crippen molar-refractivity contribution in [1.82, 2.24) is 4.98 Å². The fraction of sp³-hybridized carbons (Fsp3) is 0.462. The number of para-hydroxylation sites is 2. The summed E-state index contributed by atoms with van der Waals surface area (Å²) in [5.41, 5.74) is 8.42. The van der Waals surface area contributed by atoms with Crippen molar-refractivity contribution in [3.05, 3.63) is 54.1 Å². The van der Waals surface area contributed by atoms with Gasteiger partial charge < -0.3 is 14.9 Å². The molecule has 2 heterocycles. The first-order chi connectivity index (χ1) is 16.5. The molecule has 1 fully saturated rings. The molecule has 0 aliphatic carbocycles. The molecule has 8 heteroatoms. The summed E-state index contributed by atoms with van der Waals surface area (Å²) < 4.78 is 22.5. The highest BCUT2D eigenvalue weighted by Crippen LogP contribution is 2.31. The zero-order valence-corrected chi connectivity index (χ0v) is 21.6. The molecule has 1 unspecified atom stereocenters. The van der Waals surface area contributed by atoms with Crippen molar-refractivity contribution in [2.24, 2.45) is 5.73 Å². The molecule has 184 valence electrons. The van der Waals surface area contributed by atoms with E-state index in [-0.39, 0.29) is 0 Å². The third kappa shape index (κ3) is 6.93. The SMILES string of the molecule is CCCCCCSc1nc2ccccc2o1.Cc1ccc(S(=O)C2(C(N)=O)CCOCC2)cc1. The molecule has 0 spiro atoms. The minimum atomic E-state index is -1.42. The average molecular weight is 503 g/mol. The van der Waals surface area contributed by atoms with Crippen LogP contribution in [-0.4, -0.2) is 38.8 Å².